The number of aromatic nitrogens is 1. The van der Waals surface area contributed by atoms with Gasteiger partial charge in [-0.15, -0.1) is 0 Å². The summed E-state index contributed by atoms with van der Waals surface area (Å²) < 4.78 is 15.7. The zero-order valence-electron chi connectivity index (χ0n) is 15.2. The number of methoxy groups -OCH3 is 1. The normalized spacial score (nSPS) is 12.9. The molecule has 0 radical (unpaired) electrons. The zero-order valence-corrected chi connectivity index (χ0v) is 16.0. The Bertz CT molecular complexity index is 823. The minimum Gasteiger partial charge on any atom is -0.493 e. The topological polar surface area (TPSA) is 90.0 Å². The largest absolute Gasteiger partial charge is 0.493 e. The van der Waals surface area contributed by atoms with Gasteiger partial charge in [0.05, 0.1) is 26.0 Å². The molecule has 1 aromatic heterocycles. The molecule has 0 unspecified atom stereocenters. The maximum absolute atomic E-state index is 12.5. The minimum atomic E-state index is -0.526. The molecule has 0 saturated heterocycles. The highest BCUT2D eigenvalue weighted by Gasteiger charge is 2.25. The number of fused-ring (bicyclic) bond motifs is 1. The van der Waals surface area contributed by atoms with Crippen LogP contribution < -0.4 is 14.8 Å². The van der Waals surface area contributed by atoms with Crippen LogP contribution in [0.25, 0.3) is 0 Å². The van der Waals surface area contributed by atoms with Crippen molar-refractivity contribution in [3.05, 3.63) is 34.8 Å². The van der Waals surface area contributed by atoms with Crippen molar-refractivity contribution in [1.82, 2.24) is 9.88 Å². The summed E-state index contributed by atoms with van der Waals surface area (Å²) in [7, 11) is 1.56. The third-order valence-corrected chi connectivity index (χ3v) is 4.99. The lowest BCUT2D eigenvalue weighted by atomic mass is 10.2. The number of carbonyl (C=O) groups is 2. The van der Waals surface area contributed by atoms with Gasteiger partial charge < -0.3 is 19.1 Å². The van der Waals surface area contributed by atoms with Crippen LogP contribution in [0.3, 0.4) is 0 Å². The maximum Gasteiger partial charge on any atom is 0.413 e. The first-order valence-electron chi connectivity index (χ1n) is 8.56. The summed E-state index contributed by atoms with van der Waals surface area (Å²) in [4.78, 5) is 31.1. The number of ether oxygens (including phenoxy) is 3. The molecule has 144 valence electrons. The van der Waals surface area contributed by atoms with E-state index in [1.165, 1.54) is 11.3 Å². The summed E-state index contributed by atoms with van der Waals surface area (Å²) in [5.41, 5.74) is 0.904. The fraction of sp³-hybridized carbons (Fsp3) is 0.389. The molecule has 0 saturated carbocycles. The number of thiazole rings is 1. The quantitative estimate of drug-likeness (QED) is 0.814. The molecule has 8 nitrogen and oxygen atoms in total. The van der Waals surface area contributed by atoms with Gasteiger partial charge >= 0.3 is 6.09 Å². The van der Waals surface area contributed by atoms with E-state index in [-0.39, 0.29) is 12.5 Å². The van der Waals surface area contributed by atoms with Crippen LogP contribution in [-0.4, -0.2) is 48.8 Å². The average Bonchev–Trinajstić information content (AvgIpc) is 3.07. The molecular formula is C18H21N3O5S. The Kier molecular flexibility index (Phi) is 6.12. The third-order valence-electron chi connectivity index (χ3n) is 3.99. The Labute approximate surface area is 161 Å². The fourth-order valence-corrected chi connectivity index (χ4v) is 3.69. The maximum atomic E-state index is 12.5. The number of para-hydroxylation sites is 2. The summed E-state index contributed by atoms with van der Waals surface area (Å²) in [6.45, 7) is 2.98. The van der Waals surface area contributed by atoms with Gasteiger partial charge in [-0.05, 0) is 19.1 Å². The van der Waals surface area contributed by atoms with Gasteiger partial charge in [-0.3, -0.25) is 10.1 Å². The smallest absolute Gasteiger partial charge is 0.413 e. The molecule has 1 aromatic carbocycles. The second kappa shape index (κ2) is 8.72. The molecule has 0 atom stereocenters. The van der Waals surface area contributed by atoms with E-state index < -0.39 is 6.09 Å². The Hall–Kier alpha value is -2.81. The first-order chi connectivity index (χ1) is 13.1. The first-order valence-corrected chi connectivity index (χ1v) is 9.38. The van der Waals surface area contributed by atoms with Gasteiger partial charge in [0.15, 0.2) is 23.2 Å². The van der Waals surface area contributed by atoms with Crippen molar-refractivity contribution in [3.63, 3.8) is 0 Å². The van der Waals surface area contributed by atoms with Crippen LogP contribution >= 0.6 is 11.3 Å². The standard InChI is InChI=1S/C18H21N3O5S/c1-3-25-18(23)20-17-19-12-8-9-21(10-15(12)27-17)16(22)11-26-14-7-5-4-6-13(14)24-2/h4-7H,3,8-11H2,1-2H3,(H,19,20,23). The van der Waals surface area contributed by atoms with Gasteiger partial charge in [-0.1, -0.05) is 23.5 Å². The number of rotatable bonds is 6. The molecule has 2 aromatic rings. The average molecular weight is 391 g/mol. The predicted molar refractivity (Wildman–Crippen MR) is 100 cm³/mol. The van der Waals surface area contributed by atoms with Crippen LogP contribution in [0, 0.1) is 0 Å². The lowest BCUT2D eigenvalue weighted by Crippen LogP contribution is -2.38. The van der Waals surface area contributed by atoms with E-state index in [4.69, 9.17) is 14.2 Å². The van der Waals surface area contributed by atoms with Crippen LogP contribution in [0.5, 0.6) is 11.5 Å². The van der Waals surface area contributed by atoms with Crippen molar-refractivity contribution in [2.45, 2.75) is 19.9 Å². The van der Waals surface area contributed by atoms with Gasteiger partial charge in [-0.25, -0.2) is 9.78 Å². The molecule has 1 aliphatic rings. The number of nitrogens with one attached hydrogen (secondary N) is 1. The monoisotopic (exact) mass is 391 g/mol. The molecule has 1 aliphatic heterocycles. The van der Waals surface area contributed by atoms with E-state index >= 15 is 0 Å². The predicted octanol–water partition coefficient (Wildman–Crippen LogP) is 2.68. The van der Waals surface area contributed by atoms with E-state index in [1.807, 2.05) is 12.1 Å². The SMILES string of the molecule is CCOC(=O)Nc1nc2c(s1)CN(C(=O)COc1ccccc1OC)CC2. The van der Waals surface area contributed by atoms with Crippen molar-refractivity contribution in [2.24, 2.45) is 0 Å². The Balaban J connectivity index is 1.58. The lowest BCUT2D eigenvalue weighted by molar-refractivity contribution is -0.134. The van der Waals surface area contributed by atoms with Crippen molar-refractivity contribution >= 4 is 28.5 Å². The van der Waals surface area contributed by atoms with Crippen LogP contribution in [0.4, 0.5) is 9.93 Å². The molecule has 0 fully saturated rings. The van der Waals surface area contributed by atoms with Gasteiger partial charge in [0.1, 0.15) is 0 Å². The van der Waals surface area contributed by atoms with E-state index in [0.29, 0.717) is 42.7 Å². The van der Waals surface area contributed by atoms with Gasteiger partial charge in [0, 0.05) is 17.8 Å². The Morgan fingerprint density at radius 3 is 2.81 bits per heavy atom. The summed E-state index contributed by atoms with van der Waals surface area (Å²) in [5, 5.41) is 3.09. The van der Waals surface area contributed by atoms with E-state index in [2.05, 4.69) is 10.3 Å². The molecule has 2 amide bonds. The summed E-state index contributed by atoms with van der Waals surface area (Å²) in [6, 6.07) is 7.20. The molecule has 1 N–H and O–H groups in total. The number of hydrogen-bond donors (Lipinski definition) is 1. The highest BCUT2D eigenvalue weighted by molar-refractivity contribution is 7.15. The molecule has 9 heteroatoms. The van der Waals surface area contributed by atoms with E-state index in [9.17, 15) is 9.59 Å². The fourth-order valence-electron chi connectivity index (χ4n) is 2.69. The Morgan fingerprint density at radius 2 is 2.07 bits per heavy atom. The van der Waals surface area contributed by atoms with Crippen molar-refractivity contribution in [1.29, 1.82) is 0 Å². The second-order valence-electron chi connectivity index (χ2n) is 5.74. The highest BCUT2D eigenvalue weighted by Crippen LogP contribution is 2.29. The third kappa shape index (κ3) is 4.68. The molecule has 3 rings (SSSR count). The lowest BCUT2D eigenvalue weighted by Gasteiger charge is -2.26. The van der Waals surface area contributed by atoms with Gasteiger partial charge in [0.25, 0.3) is 5.91 Å². The van der Waals surface area contributed by atoms with Gasteiger partial charge in [-0.2, -0.15) is 0 Å². The molecule has 2 heterocycles. The molecular weight excluding hydrogens is 370 g/mol. The highest BCUT2D eigenvalue weighted by atomic mass is 32.1. The van der Waals surface area contributed by atoms with E-state index in [1.54, 1.807) is 31.1 Å². The number of hydrogen-bond acceptors (Lipinski definition) is 7. The number of nitrogens with zero attached hydrogens (tertiary/aromatic N) is 2. The second-order valence-corrected chi connectivity index (χ2v) is 6.82. The molecule has 0 spiro atoms. The minimum absolute atomic E-state index is 0.0670. The van der Waals surface area contributed by atoms with Crippen LogP contribution in [-0.2, 0) is 22.5 Å². The first kappa shape index (κ1) is 19.0. The molecule has 0 aliphatic carbocycles. The number of benzene rings is 1. The van der Waals surface area contributed by atoms with Crippen LogP contribution in [0.1, 0.15) is 17.5 Å². The van der Waals surface area contributed by atoms with Crippen molar-refractivity contribution in [2.75, 3.05) is 32.2 Å². The van der Waals surface area contributed by atoms with Crippen molar-refractivity contribution in [3.8, 4) is 11.5 Å². The number of carbonyl (C=O) groups excluding carboxylic acids is 2. The Morgan fingerprint density at radius 1 is 1.30 bits per heavy atom. The zero-order chi connectivity index (χ0) is 19.2. The number of amides is 2. The summed E-state index contributed by atoms with van der Waals surface area (Å²) in [5.74, 6) is 1.01. The van der Waals surface area contributed by atoms with Crippen LogP contribution in [0.2, 0.25) is 0 Å². The summed E-state index contributed by atoms with van der Waals surface area (Å²) >= 11 is 1.35. The van der Waals surface area contributed by atoms with Gasteiger partial charge in [0.2, 0.25) is 0 Å². The van der Waals surface area contributed by atoms with Crippen LogP contribution in [0.15, 0.2) is 24.3 Å². The van der Waals surface area contributed by atoms with E-state index in [0.717, 1.165) is 10.6 Å². The molecule has 27 heavy (non-hydrogen) atoms. The van der Waals surface area contributed by atoms with Crippen molar-refractivity contribution < 1.29 is 23.8 Å². The molecule has 0 bridgehead atoms. The number of anilines is 1. The summed E-state index contributed by atoms with van der Waals surface area (Å²) in [6.07, 6.45) is 0.109.